The van der Waals surface area contributed by atoms with E-state index in [1.807, 2.05) is 24.3 Å². The van der Waals surface area contributed by atoms with Crippen molar-refractivity contribution in [3.05, 3.63) is 224 Å². The molecule has 9 aromatic carbocycles. The summed E-state index contributed by atoms with van der Waals surface area (Å²) >= 11 is 0. The van der Waals surface area contributed by atoms with E-state index in [-0.39, 0.29) is 0 Å². The van der Waals surface area contributed by atoms with Crippen molar-refractivity contribution in [2.75, 3.05) is 0 Å². The van der Waals surface area contributed by atoms with Crippen LogP contribution >= 0.6 is 0 Å². The number of benzene rings is 9. The lowest BCUT2D eigenvalue weighted by Crippen LogP contribution is -2.06. The number of hydrogen-bond donors (Lipinski definition) is 0. The van der Waals surface area contributed by atoms with Crippen LogP contribution in [0.25, 0.3) is 111 Å². The van der Waals surface area contributed by atoms with E-state index in [9.17, 15) is 0 Å². The Labute approximate surface area is 358 Å². The van der Waals surface area contributed by atoms with Crippen LogP contribution in [0.15, 0.2) is 224 Å². The van der Waals surface area contributed by atoms with Gasteiger partial charge in [-0.25, -0.2) is 4.98 Å². The van der Waals surface area contributed by atoms with E-state index in [1.165, 1.54) is 38.6 Å². The van der Waals surface area contributed by atoms with E-state index < -0.39 is 0 Å². The van der Waals surface area contributed by atoms with Gasteiger partial charge >= 0.3 is 0 Å². The van der Waals surface area contributed by atoms with Gasteiger partial charge in [0.1, 0.15) is 0 Å². The Bertz CT molecular complexity index is 3540. The number of nitrogens with zero attached hydrogens (tertiary/aromatic N) is 5. The molecule has 3 aromatic heterocycles. The molecule has 62 heavy (non-hydrogen) atoms. The van der Waals surface area contributed by atoms with Gasteiger partial charge in [0.2, 0.25) is 5.95 Å². The van der Waals surface area contributed by atoms with E-state index in [0.29, 0.717) is 17.6 Å². The molecule has 0 spiro atoms. The summed E-state index contributed by atoms with van der Waals surface area (Å²) in [6.45, 7) is 0. The van der Waals surface area contributed by atoms with Crippen molar-refractivity contribution in [3.8, 4) is 67.8 Å². The minimum atomic E-state index is 0.568. The average molecular weight is 792 g/mol. The fourth-order valence-electron chi connectivity index (χ4n) is 9.10. The Hall–Kier alpha value is -8.41. The van der Waals surface area contributed by atoms with Crippen molar-refractivity contribution < 1.29 is 0 Å². The molecule has 12 aromatic rings. The Kier molecular flexibility index (Phi) is 8.42. The van der Waals surface area contributed by atoms with Gasteiger partial charge in [0.25, 0.3) is 0 Å². The lowest BCUT2D eigenvalue weighted by molar-refractivity contribution is 0.953. The zero-order valence-corrected chi connectivity index (χ0v) is 33.6. The first-order chi connectivity index (χ1) is 30.7. The van der Waals surface area contributed by atoms with Gasteiger partial charge < -0.3 is 4.57 Å². The lowest BCUT2D eigenvalue weighted by Gasteiger charge is -2.14. The number of hydrogen-bond acceptors (Lipinski definition) is 3. The summed E-state index contributed by atoms with van der Waals surface area (Å²) < 4.78 is 4.65. The van der Waals surface area contributed by atoms with Crippen molar-refractivity contribution in [1.82, 2.24) is 24.1 Å². The Morgan fingerprint density at radius 2 is 0.629 bits per heavy atom. The Morgan fingerprint density at radius 3 is 1.15 bits per heavy atom. The zero-order chi connectivity index (χ0) is 41.0. The third-order valence-electron chi connectivity index (χ3n) is 12.0. The minimum Gasteiger partial charge on any atom is -0.309 e. The molecule has 5 nitrogen and oxygen atoms in total. The van der Waals surface area contributed by atoms with Crippen molar-refractivity contribution in [1.29, 1.82) is 0 Å². The zero-order valence-electron chi connectivity index (χ0n) is 33.6. The van der Waals surface area contributed by atoms with Crippen LogP contribution in [0.1, 0.15) is 0 Å². The quantitative estimate of drug-likeness (QED) is 0.162. The molecule has 12 rings (SSSR count). The van der Waals surface area contributed by atoms with Gasteiger partial charge in [-0.1, -0.05) is 182 Å². The van der Waals surface area contributed by atoms with E-state index in [0.717, 1.165) is 55.2 Å². The van der Waals surface area contributed by atoms with Crippen LogP contribution in [-0.4, -0.2) is 24.1 Å². The molecular weight excluding hydrogens is 755 g/mol. The molecule has 0 aliphatic carbocycles. The van der Waals surface area contributed by atoms with E-state index >= 15 is 0 Å². The van der Waals surface area contributed by atoms with Crippen molar-refractivity contribution in [2.45, 2.75) is 0 Å². The first-order valence-electron chi connectivity index (χ1n) is 20.9. The van der Waals surface area contributed by atoms with Crippen molar-refractivity contribution in [3.63, 3.8) is 0 Å². The second kappa shape index (κ2) is 14.7. The van der Waals surface area contributed by atoms with Gasteiger partial charge in [-0.3, -0.25) is 4.57 Å². The van der Waals surface area contributed by atoms with Crippen molar-refractivity contribution >= 4 is 43.6 Å². The summed E-state index contributed by atoms with van der Waals surface area (Å²) in [6, 6.07) is 79.3. The van der Waals surface area contributed by atoms with Crippen LogP contribution < -0.4 is 0 Å². The highest BCUT2D eigenvalue weighted by atomic mass is 15.2. The molecule has 0 bridgehead atoms. The number of rotatable bonds is 7. The molecule has 290 valence electrons. The molecule has 0 aliphatic rings. The van der Waals surface area contributed by atoms with Gasteiger partial charge in [0.05, 0.1) is 22.1 Å². The summed E-state index contributed by atoms with van der Waals surface area (Å²) in [5.74, 6) is 1.80. The van der Waals surface area contributed by atoms with Crippen LogP contribution in [0, 0.1) is 0 Å². The smallest absolute Gasteiger partial charge is 0.238 e. The number of fused-ring (bicyclic) bond motifs is 7. The lowest BCUT2D eigenvalue weighted by atomic mass is 9.98. The predicted octanol–water partition coefficient (Wildman–Crippen LogP) is 14.4. The van der Waals surface area contributed by atoms with Crippen molar-refractivity contribution in [2.24, 2.45) is 0 Å². The predicted molar refractivity (Wildman–Crippen MR) is 256 cm³/mol. The second-order valence-electron chi connectivity index (χ2n) is 15.7. The van der Waals surface area contributed by atoms with Gasteiger partial charge in [0.15, 0.2) is 11.6 Å². The van der Waals surface area contributed by atoms with E-state index in [4.69, 9.17) is 15.0 Å². The SMILES string of the molecule is c1ccc(-c2ccc(-c3nc(-c4ccccc4)nc(-n4c5ccccc5c5c6c7ccccc7n(-c7cc(-c8ccccc8)cc(-c8ccccc8)c7)c6ccc54)n3)cc2)cc1. The van der Waals surface area contributed by atoms with Gasteiger partial charge in [-0.15, -0.1) is 0 Å². The molecule has 5 heteroatoms. The number of para-hydroxylation sites is 2. The third-order valence-corrected chi connectivity index (χ3v) is 12.0. The molecular formula is C57H37N5. The molecule has 3 heterocycles. The van der Waals surface area contributed by atoms with Gasteiger partial charge in [0, 0.05) is 38.4 Å². The summed E-state index contributed by atoms with van der Waals surface area (Å²) in [6.07, 6.45) is 0. The summed E-state index contributed by atoms with van der Waals surface area (Å²) in [5.41, 5.74) is 14.3. The summed E-state index contributed by atoms with van der Waals surface area (Å²) in [7, 11) is 0. The molecule has 0 atom stereocenters. The summed E-state index contributed by atoms with van der Waals surface area (Å²) in [5, 5.41) is 4.66. The second-order valence-corrected chi connectivity index (χ2v) is 15.7. The van der Waals surface area contributed by atoms with E-state index in [1.54, 1.807) is 0 Å². The Balaban J connectivity index is 1.11. The molecule has 0 saturated carbocycles. The molecule has 0 unspecified atom stereocenters. The fourth-order valence-corrected chi connectivity index (χ4v) is 9.10. The molecule has 0 saturated heterocycles. The minimum absolute atomic E-state index is 0.568. The standard InChI is InChI=1S/C57H37N5/c1-5-17-38(18-6-1)41-29-31-43(32-30-41)56-58-55(42-23-11-4-12-24-42)59-57(60-56)62-50-28-16-14-26-48(50)54-52(62)34-33-51-53(54)47-25-13-15-27-49(47)61(51)46-36-44(39-19-7-2-8-20-39)35-45(37-46)40-21-9-3-10-22-40/h1-37H. The molecule has 0 fully saturated rings. The third kappa shape index (κ3) is 5.98. The summed E-state index contributed by atoms with van der Waals surface area (Å²) in [4.78, 5) is 15.6. The maximum absolute atomic E-state index is 5.28. The first kappa shape index (κ1) is 35.5. The molecule has 0 amide bonds. The molecule has 0 radical (unpaired) electrons. The maximum Gasteiger partial charge on any atom is 0.238 e. The Morgan fingerprint density at radius 1 is 0.258 bits per heavy atom. The molecule has 0 N–H and O–H groups in total. The molecule has 0 aliphatic heterocycles. The topological polar surface area (TPSA) is 48.5 Å². The highest BCUT2D eigenvalue weighted by molar-refractivity contribution is 6.28. The monoisotopic (exact) mass is 791 g/mol. The van der Waals surface area contributed by atoms with Gasteiger partial charge in [-0.2, -0.15) is 9.97 Å². The first-order valence-corrected chi connectivity index (χ1v) is 20.9. The van der Waals surface area contributed by atoms with Crippen LogP contribution in [0.5, 0.6) is 0 Å². The maximum atomic E-state index is 5.28. The van der Waals surface area contributed by atoms with Crippen LogP contribution in [0.2, 0.25) is 0 Å². The van der Waals surface area contributed by atoms with Crippen LogP contribution in [0.4, 0.5) is 0 Å². The number of aromatic nitrogens is 5. The van der Waals surface area contributed by atoms with E-state index in [2.05, 4.69) is 209 Å². The largest absolute Gasteiger partial charge is 0.309 e. The fraction of sp³-hybridized carbons (Fsp3) is 0. The van der Waals surface area contributed by atoms with Crippen LogP contribution in [-0.2, 0) is 0 Å². The highest BCUT2D eigenvalue weighted by Crippen LogP contribution is 2.43. The normalized spacial score (nSPS) is 11.5. The van der Waals surface area contributed by atoms with Gasteiger partial charge in [-0.05, 0) is 75.8 Å². The highest BCUT2D eigenvalue weighted by Gasteiger charge is 2.23. The average Bonchev–Trinajstić information content (AvgIpc) is 3.88. The van der Waals surface area contributed by atoms with Crippen LogP contribution in [0.3, 0.4) is 0 Å².